The molecule has 0 saturated heterocycles. The molecule has 1 aliphatic heterocycles. The van der Waals surface area contributed by atoms with Gasteiger partial charge in [0.2, 0.25) is 0 Å². The first kappa shape index (κ1) is 9.51. The molecule has 6 heteroatoms. The van der Waals surface area contributed by atoms with Crippen LogP contribution in [0.15, 0.2) is 17.6 Å². The second-order valence-corrected chi connectivity index (χ2v) is 4.63. The maximum atomic E-state index is 4.36. The standard InChI is InChI=1S/C8H13N5S/c1-7-4-10-8(14-7)9-2-3-13-5-11-12-6-13/h5-7H,2-4H2,1H3,(H,9,10). The summed E-state index contributed by atoms with van der Waals surface area (Å²) < 4.78 is 1.94. The molecule has 1 aromatic rings. The number of amidine groups is 1. The number of aromatic nitrogens is 3. The average molecular weight is 211 g/mol. The van der Waals surface area contributed by atoms with Gasteiger partial charge < -0.3 is 9.88 Å². The van der Waals surface area contributed by atoms with Crippen LogP contribution in [-0.4, -0.2) is 38.3 Å². The van der Waals surface area contributed by atoms with Crippen LogP contribution in [0.1, 0.15) is 6.92 Å². The van der Waals surface area contributed by atoms with E-state index in [1.807, 2.05) is 4.57 Å². The molecule has 0 radical (unpaired) electrons. The molecule has 0 amide bonds. The Balaban J connectivity index is 1.69. The fourth-order valence-electron chi connectivity index (χ4n) is 1.20. The lowest BCUT2D eigenvalue weighted by Crippen LogP contribution is -2.23. The zero-order chi connectivity index (χ0) is 9.80. The second-order valence-electron chi connectivity index (χ2n) is 3.20. The third-order valence-corrected chi connectivity index (χ3v) is 2.97. The molecule has 0 spiro atoms. The van der Waals surface area contributed by atoms with Gasteiger partial charge in [-0.15, -0.1) is 10.2 Å². The normalized spacial score (nSPS) is 20.9. The van der Waals surface area contributed by atoms with E-state index in [2.05, 4.69) is 27.4 Å². The van der Waals surface area contributed by atoms with E-state index < -0.39 is 0 Å². The van der Waals surface area contributed by atoms with Gasteiger partial charge in [0.15, 0.2) is 5.17 Å². The summed E-state index contributed by atoms with van der Waals surface area (Å²) in [5.74, 6) is 0. The number of rotatable bonds is 3. The Morgan fingerprint density at radius 2 is 2.36 bits per heavy atom. The van der Waals surface area contributed by atoms with Crippen LogP contribution >= 0.6 is 11.8 Å². The minimum atomic E-state index is 0.618. The summed E-state index contributed by atoms with van der Waals surface area (Å²) >= 11 is 1.80. The SMILES string of the molecule is CC1CN=C(NCCn2cnnc2)S1. The number of hydrogen-bond donors (Lipinski definition) is 1. The summed E-state index contributed by atoms with van der Waals surface area (Å²) in [7, 11) is 0. The van der Waals surface area contributed by atoms with Gasteiger partial charge in [-0.1, -0.05) is 18.7 Å². The first-order valence-electron chi connectivity index (χ1n) is 4.62. The highest BCUT2D eigenvalue weighted by molar-refractivity contribution is 8.14. The Hall–Kier alpha value is -1.04. The molecule has 1 unspecified atom stereocenters. The lowest BCUT2D eigenvalue weighted by Gasteiger charge is -2.05. The van der Waals surface area contributed by atoms with Crippen LogP contribution in [0.2, 0.25) is 0 Å². The van der Waals surface area contributed by atoms with Crippen molar-refractivity contribution in [2.75, 3.05) is 13.1 Å². The highest BCUT2D eigenvalue weighted by Gasteiger charge is 2.13. The third kappa shape index (κ3) is 2.47. The molecule has 5 nitrogen and oxygen atoms in total. The van der Waals surface area contributed by atoms with E-state index in [-0.39, 0.29) is 0 Å². The largest absolute Gasteiger partial charge is 0.363 e. The summed E-state index contributed by atoms with van der Waals surface area (Å²) in [4.78, 5) is 4.36. The minimum absolute atomic E-state index is 0.618. The molecule has 0 saturated carbocycles. The Morgan fingerprint density at radius 3 is 3.00 bits per heavy atom. The topological polar surface area (TPSA) is 55.1 Å². The van der Waals surface area contributed by atoms with E-state index in [0.29, 0.717) is 5.25 Å². The highest BCUT2D eigenvalue weighted by atomic mass is 32.2. The van der Waals surface area contributed by atoms with Crippen molar-refractivity contribution in [2.45, 2.75) is 18.7 Å². The molecule has 0 bridgehead atoms. The van der Waals surface area contributed by atoms with Crippen molar-refractivity contribution in [3.05, 3.63) is 12.7 Å². The second kappa shape index (κ2) is 4.45. The van der Waals surface area contributed by atoms with Crippen molar-refractivity contribution in [1.29, 1.82) is 0 Å². The summed E-state index contributed by atoms with van der Waals surface area (Å²) in [6, 6.07) is 0. The van der Waals surface area contributed by atoms with E-state index in [9.17, 15) is 0 Å². The maximum Gasteiger partial charge on any atom is 0.156 e. The van der Waals surface area contributed by atoms with Crippen molar-refractivity contribution in [3.8, 4) is 0 Å². The van der Waals surface area contributed by atoms with Crippen LogP contribution in [0.25, 0.3) is 0 Å². The molecule has 1 N–H and O–H groups in total. The fourth-order valence-corrected chi connectivity index (χ4v) is 2.07. The Morgan fingerprint density at radius 1 is 1.57 bits per heavy atom. The molecule has 1 aliphatic rings. The van der Waals surface area contributed by atoms with Gasteiger partial charge in [0.05, 0.1) is 6.54 Å². The smallest absolute Gasteiger partial charge is 0.156 e. The molecule has 76 valence electrons. The summed E-state index contributed by atoms with van der Waals surface area (Å²) in [5, 5.41) is 12.4. The summed E-state index contributed by atoms with van der Waals surface area (Å²) in [5.41, 5.74) is 0. The average Bonchev–Trinajstić information content (AvgIpc) is 2.77. The molecule has 2 rings (SSSR count). The molecule has 1 aromatic heterocycles. The summed E-state index contributed by atoms with van der Waals surface area (Å²) in [6.45, 7) is 4.86. The first-order valence-corrected chi connectivity index (χ1v) is 5.50. The van der Waals surface area contributed by atoms with Crippen LogP contribution in [-0.2, 0) is 6.54 Å². The van der Waals surface area contributed by atoms with E-state index >= 15 is 0 Å². The highest BCUT2D eigenvalue weighted by Crippen LogP contribution is 2.17. The zero-order valence-corrected chi connectivity index (χ0v) is 8.87. The predicted octanol–water partition coefficient (Wildman–Crippen LogP) is 0.359. The van der Waals surface area contributed by atoms with E-state index in [0.717, 1.165) is 24.8 Å². The first-order chi connectivity index (χ1) is 6.84. The molecule has 2 heterocycles. The molecular formula is C8H13N5S. The van der Waals surface area contributed by atoms with Gasteiger partial charge in [-0.05, 0) is 0 Å². The van der Waals surface area contributed by atoms with E-state index in [1.165, 1.54) is 0 Å². The van der Waals surface area contributed by atoms with Crippen LogP contribution in [0, 0.1) is 0 Å². The van der Waals surface area contributed by atoms with E-state index in [1.54, 1.807) is 24.4 Å². The molecule has 14 heavy (non-hydrogen) atoms. The van der Waals surface area contributed by atoms with Gasteiger partial charge in [-0.25, -0.2) is 0 Å². The van der Waals surface area contributed by atoms with E-state index in [4.69, 9.17) is 0 Å². The number of thioether (sulfide) groups is 1. The number of nitrogens with one attached hydrogen (secondary N) is 1. The van der Waals surface area contributed by atoms with Gasteiger partial charge >= 0.3 is 0 Å². The van der Waals surface area contributed by atoms with Crippen molar-refractivity contribution in [2.24, 2.45) is 4.99 Å². The number of hydrogen-bond acceptors (Lipinski definition) is 5. The number of nitrogens with zero attached hydrogens (tertiary/aromatic N) is 4. The molecule has 0 aromatic carbocycles. The van der Waals surface area contributed by atoms with Gasteiger partial charge in [0.1, 0.15) is 12.7 Å². The lowest BCUT2D eigenvalue weighted by molar-refractivity contribution is 0.674. The Kier molecular flexibility index (Phi) is 3.03. The maximum absolute atomic E-state index is 4.36. The van der Waals surface area contributed by atoms with Crippen LogP contribution in [0.3, 0.4) is 0 Å². The fraction of sp³-hybridized carbons (Fsp3) is 0.625. The lowest BCUT2D eigenvalue weighted by atomic mass is 10.5. The Labute approximate surface area is 87.0 Å². The van der Waals surface area contributed by atoms with Crippen molar-refractivity contribution >= 4 is 16.9 Å². The summed E-state index contributed by atoms with van der Waals surface area (Å²) in [6.07, 6.45) is 3.43. The quantitative estimate of drug-likeness (QED) is 0.784. The van der Waals surface area contributed by atoms with Gasteiger partial charge in [0.25, 0.3) is 0 Å². The van der Waals surface area contributed by atoms with Crippen molar-refractivity contribution in [1.82, 2.24) is 20.1 Å². The number of aliphatic imine (C=N–C) groups is 1. The third-order valence-electron chi connectivity index (χ3n) is 1.92. The van der Waals surface area contributed by atoms with Gasteiger partial charge in [-0.2, -0.15) is 0 Å². The van der Waals surface area contributed by atoms with Crippen LogP contribution < -0.4 is 5.32 Å². The van der Waals surface area contributed by atoms with Crippen LogP contribution in [0.4, 0.5) is 0 Å². The van der Waals surface area contributed by atoms with Crippen molar-refractivity contribution < 1.29 is 0 Å². The predicted molar refractivity (Wildman–Crippen MR) is 57.4 cm³/mol. The molecular weight excluding hydrogens is 198 g/mol. The van der Waals surface area contributed by atoms with Crippen molar-refractivity contribution in [3.63, 3.8) is 0 Å². The molecule has 0 aliphatic carbocycles. The Bertz CT molecular complexity index is 308. The minimum Gasteiger partial charge on any atom is -0.363 e. The van der Waals surface area contributed by atoms with Gasteiger partial charge in [0, 0.05) is 18.3 Å². The monoisotopic (exact) mass is 211 g/mol. The zero-order valence-electron chi connectivity index (χ0n) is 8.05. The molecule has 0 fully saturated rings. The van der Waals surface area contributed by atoms with Crippen LogP contribution in [0.5, 0.6) is 0 Å². The molecule has 1 atom stereocenters. The van der Waals surface area contributed by atoms with Gasteiger partial charge in [-0.3, -0.25) is 4.99 Å².